The molecule has 1 unspecified atom stereocenters. The molecular weight excluding hydrogens is 216 g/mol. The van der Waals surface area contributed by atoms with E-state index in [0.29, 0.717) is 6.42 Å². The molecule has 0 aliphatic carbocycles. The molecule has 0 aromatic carbocycles. The van der Waals surface area contributed by atoms with Crippen LogP contribution in [0.25, 0.3) is 0 Å². The van der Waals surface area contributed by atoms with Crippen molar-refractivity contribution in [1.29, 1.82) is 0 Å². The highest BCUT2D eigenvalue weighted by molar-refractivity contribution is 5.78. The molecule has 17 heavy (non-hydrogen) atoms. The average Bonchev–Trinajstić information content (AvgIpc) is 2.94. The number of amides is 1. The summed E-state index contributed by atoms with van der Waals surface area (Å²) in [6, 6.07) is 0. The number of aliphatic hydroxyl groups excluding tert-OH is 1. The molecule has 1 atom stereocenters. The maximum absolute atomic E-state index is 11.6. The molecule has 1 N–H and O–H groups in total. The number of carbonyl (C=O) groups excluding carboxylic acids is 1. The van der Waals surface area contributed by atoms with Gasteiger partial charge in [0, 0.05) is 32.0 Å². The Morgan fingerprint density at radius 2 is 1.88 bits per heavy atom. The summed E-state index contributed by atoms with van der Waals surface area (Å²) in [7, 11) is 0. The summed E-state index contributed by atoms with van der Waals surface area (Å²) in [5.74, 6) is 0.409. The zero-order valence-electron chi connectivity index (χ0n) is 10.6. The first-order valence-corrected chi connectivity index (χ1v) is 6.90. The molecule has 2 aliphatic heterocycles. The van der Waals surface area contributed by atoms with E-state index in [1.54, 1.807) is 0 Å². The molecular formula is C13H24N2O2. The van der Waals surface area contributed by atoms with E-state index >= 15 is 0 Å². The zero-order valence-corrected chi connectivity index (χ0v) is 10.6. The molecule has 2 rings (SSSR count). The largest absolute Gasteiger partial charge is 0.396 e. The predicted molar refractivity (Wildman–Crippen MR) is 66.7 cm³/mol. The van der Waals surface area contributed by atoms with Crippen molar-refractivity contribution in [1.82, 2.24) is 9.80 Å². The van der Waals surface area contributed by atoms with Crippen molar-refractivity contribution >= 4 is 5.91 Å². The summed E-state index contributed by atoms with van der Waals surface area (Å²) >= 11 is 0. The Balaban J connectivity index is 1.57. The molecule has 0 bridgehead atoms. The average molecular weight is 240 g/mol. The monoisotopic (exact) mass is 240 g/mol. The molecule has 4 nitrogen and oxygen atoms in total. The molecule has 2 saturated heterocycles. The molecule has 98 valence electrons. The smallest absolute Gasteiger partial charge is 0.223 e. The third-order valence-corrected chi connectivity index (χ3v) is 3.90. The fourth-order valence-corrected chi connectivity index (χ4v) is 2.84. The van der Waals surface area contributed by atoms with E-state index in [9.17, 15) is 4.79 Å². The van der Waals surface area contributed by atoms with E-state index in [-0.39, 0.29) is 18.4 Å². The number of hydrogen-bond donors (Lipinski definition) is 1. The van der Waals surface area contributed by atoms with Gasteiger partial charge in [0.1, 0.15) is 0 Å². The van der Waals surface area contributed by atoms with Gasteiger partial charge >= 0.3 is 0 Å². The van der Waals surface area contributed by atoms with Crippen molar-refractivity contribution < 1.29 is 9.90 Å². The fourth-order valence-electron chi connectivity index (χ4n) is 2.84. The van der Waals surface area contributed by atoms with Crippen LogP contribution >= 0.6 is 0 Å². The van der Waals surface area contributed by atoms with Gasteiger partial charge < -0.3 is 14.9 Å². The Hall–Kier alpha value is -0.610. The van der Waals surface area contributed by atoms with E-state index in [1.165, 1.54) is 38.9 Å². The van der Waals surface area contributed by atoms with Crippen LogP contribution in [-0.2, 0) is 4.79 Å². The van der Waals surface area contributed by atoms with Crippen molar-refractivity contribution in [3.63, 3.8) is 0 Å². The van der Waals surface area contributed by atoms with Crippen LogP contribution in [0.5, 0.6) is 0 Å². The minimum atomic E-state index is 0.149. The van der Waals surface area contributed by atoms with Crippen LogP contribution in [-0.4, -0.2) is 60.1 Å². The van der Waals surface area contributed by atoms with Crippen LogP contribution in [0.1, 0.15) is 32.1 Å². The van der Waals surface area contributed by atoms with E-state index < -0.39 is 0 Å². The number of rotatable bonds is 6. The summed E-state index contributed by atoms with van der Waals surface area (Å²) in [5, 5.41) is 9.03. The number of nitrogens with zero attached hydrogens (tertiary/aromatic N) is 2. The molecule has 0 aromatic rings. The van der Waals surface area contributed by atoms with Crippen molar-refractivity contribution in [3.8, 4) is 0 Å². The zero-order chi connectivity index (χ0) is 12.1. The quantitative estimate of drug-likeness (QED) is 0.695. The van der Waals surface area contributed by atoms with Crippen molar-refractivity contribution in [2.45, 2.75) is 32.1 Å². The summed E-state index contributed by atoms with van der Waals surface area (Å²) < 4.78 is 0. The van der Waals surface area contributed by atoms with Gasteiger partial charge in [-0.25, -0.2) is 0 Å². The van der Waals surface area contributed by atoms with Gasteiger partial charge in [-0.05, 0) is 45.3 Å². The third-order valence-electron chi connectivity index (χ3n) is 3.90. The van der Waals surface area contributed by atoms with Crippen LogP contribution in [0.15, 0.2) is 0 Å². The molecule has 1 amide bonds. The van der Waals surface area contributed by atoms with Crippen molar-refractivity contribution in [2.75, 3.05) is 39.3 Å². The van der Waals surface area contributed by atoms with Crippen molar-refractivity contribution in [2.24, 2.45) is 5.92 Å². The Morgan fingerprint density at radius 1 is 1.18 bits per heavy atom. The van der Waals surface area contributed by atoms with Gasteiger partial charge in [0.05, 0.1) is 0 Å². The molecule has 0 saturated carbocycles. The van der Waals surface area contributed by atoms with Crippen LogP contribution in [0.3, 0.4) is 0 Å². The first kappa shape index (κ1) is 12.8. The van der Waals surface area contributed by atoms with Gasteiger partial charge in [-0.15, -0.1) is 0 Å². The number of carbonyl (C=O) groups is 1. The lowest BCUT2D eigenvalue weighted by molar-refractivity contribution is -0.127. The maximum Gasteiger partial charge on any atom is 0.223 e. The van der Waals surface area contributed by atoms with Crippen LogP contribution in [0.4, 0.5) is 0 Å². The standard InChI is InChI=1S/C13H24N2O2/c16-11-12-9-13(17)15(10-12)8-4-3-7-14-5-1-2-6-14/h12,16H,1-11H2. The van der Waals surface area contributed by atoms with Gasteiger partial charge in [0.15, 0.2) is 0 Å². The minimum Gasteiger partial charge on any atom is -0.396 e. The Kier molecular flexibility index (Phi) is 4.80. The second kappa shape index (κ2) is 6.36. The second-order valence-electron chi connectivity index (χ2n) is 5.35. The lowest BCUT2D eigenvalue weighted by Gasteiger charge is -2.18. The minimum absolute atomic E-state index is 0.149. The van der Waals surface area contributed by atoms with Gasteiger partial charge in [-0.2, -0.15) is 0 Å². The summed E-state index contributed by atoms with van der Waals surface area (Å²) in [6.07, 6.45) is 5.53. The Labute approximate surface area is 104 Å². The first-order valence-electron chi connectivity index (χ1n) is 6.90. The maximum atomic E-state index is 11.6. The Bertz CT molecular complexity index is 252. The van der Waals surface area contributed by atoms with Gasteiger partial charge in [0.2, 0.25) is 5.91 Å². The van der Waals surface area contributed by atoms with Gasteiger partial charge in [0.25, 0.3) is 0 Å². The molecule has 0 aromatic heterocycles. The topological polar surface area (TPSA) is 43.8 Å². The van der Waals surface area contributed by atoms with Gasteiger partial charge in [-0.3, -0.25) is 4.79 Å². The van der Waals surface area contributed by atoms with Crippen molar-refractivity contribution in [3.05, 3.63) is 0 Å². The molecule has 4 heteroatoms. The normalized spacial score (nSPS) is 26.1. The second-order valence-corrected chi connectivity index (χ2v) is 5.35. The van der Waals surface area contributed by atoms with E-state index in [4.69, 9.17) is 5.11 Å². The summed E-state index contributed by atoms with van der Waals surface area (Å²) in [5.41, 5.74) is 0. The highest BCUT2D eigenvalue weighted by Gasteiger charge is 2.28. The molecule has 2 fully saturated rings. The van der Waals surface area contributed by atoms with Crippen LogP contribution in [0, 0.1) is 5.92 Å². The number of likely N-dealkylation sites (tertiary alicyclic amines) is 2. The molecule has 2 aliphatic rings. The number of hydrogen-bond acceptors (Lipinski definition) is 3. The lowest BCUT2D eigenvalue weighted by atomic mass is 10.1. The number of aliphatic hydroxyl groups is 1. The SMILES string of the molecule is O=C1CC(CO)CN1CCCCN1CCCC1. The predicted octanol–water partition coefficient (Wildman–Crippen LogP) is 0.703. The number of unbranched alkanes of at least 4 members (excludes halogenated alkanes) is 1. The lowest BCUT2D eigenvalue weighted by Crippen LogP contribution is -2.28. The molecule has 0 radical (unpaired) electrons. The fraction of sp³-hybridized carbons (Fsp3) is 0.923. The summed E-state index contributed by atoms with van der Waals surface area (Å²) in [6.45, 7) is 5.49. The first-order chi connectivity index (χ1) is 8.29. The molecule has 0 spiro atoms. The van der Waals surface area contributed by atoms with Crippen LogP contribution in [0.2, 0.25) is 0 Å². The van der Waals surface area contributed by atoms with Gasteiger partial charge in [-0.1, -0.05) is 0 Å². The summed E-state index contributed by atoms with van der Waals surface area (Å²) in [4.78, 5) is 16.0. The third kappa shape index (κ3) is 3.68. The highest BCUT2D eigenvalue weighted by atomic mass is 16.3. The van der Waals surface area contributed by atoms with E-state index in [0.717, 1.165) is 19.5 Å². The Morgan fingerprint density at radius 3 is 2.53 bits per heavy atom. The van der Waals surface area contributed by atoms with E-state index in [2.05, 4.69) is 4.90 Å². The van der Waals surface area contributed by atoms with E-state index in [1.807, 2.05) is 4.90 Å². The molecule has 2 heterocycles. The highest BCUT2D eigenvalue weighted by Crippen LogP contribution is 2.17. The van der Waals surface area contributed by atoms with Crippen LogP contribution < -0.4 is 0 Å².